The maximum Gasteiger partial charge on any atom is 0.224 e. The average molecular weight is 205 g/mol. The van der Waals surface area contributed by atoms with Crippen LogP contribution in [0.3, 0.4) is 0 Å². The number of hydrogen-bond donors (Lipinski definition) is 2. The first kappa shape index (κ1) is 11.3. The second-order valence-electron chi connectivity index (χ2n) is 3.37. The first-order valence-electron chi connectivity index (χ1n) is 4.84. The van der Waals surface area contributed by atoms with Crippen molar-refractivity contribution in [3.63, 3.8) is 0 Å². The van der Waals surface area contributed by atoms with Gasteiger partial charge in [-0.05, 0) is 37.1 Å². The lowest BCUT2D eigenvalue weighted by Crippen LogP contribution is -2.11. The van der Waals surface area contributed by atoms with Gasteiger partial charge in [0.15, 0.2) is 0 Å². The Morgan fingerprint density at radius 2 is 2.33 bits per heavy atom. The summed E-state index contributed by atoms with van der Waals surface area (Å²) in [7, 11) is 0. The summed E-state index contributed by atoms with van der Waals surface area (Å²) in [5.74, 6) is 0.167. The van der Waals surface area contributed by atoms with Crippen molar-refractivity contribution in [1.29, 1.82) is 0 Å². The van der Waals surface area contributed by atoms with Crippen molar-refractivity contribution < 1.29 is 9.90 Å². The molecule has 0 heterocycles. The van der Waals surface area contributed by atoms with Crippen molar-refractivity contribution >= 4 is 11.6 Å². The first-order valence-corrected chi connectivity index (χ1v) is 4.84. The van der Waals surface area contributed by atoms with Crippen LogP contribution < -0.4 is 5.32 Å². The Bertz CT molecular complexity index is 372. The minimum absolute atomic E-state index is 0.0383. The maximum absolute atomic E-state index is 11.4. The Hall–Kier alpha value is -1.77. The van der Waals surface area contributed by atoms with Crippen molar-refractivity contribution in [2.45, 2.75) is 19.8 Å². The van der Waals surface area contributed by atoms with Gasteiger partial charge >= 0.3 is 0 Å². The third kappa shape index (κ3) is 3.46. The van der Waals surface area contributed by atoms with E-state index in [2.05, 4.69) is 11.9 Å². The van der Waals surface area contributed by atoms with E-state index in [0.717, 1.165) is 11.3 Å². The molecule has 0 aliphatic rings. The average Bonchev–Trinajstić information content (AvgIpc) is 2.19. The fourth-order valence-electron chi connectivity index (χ4n) is 1.23. The van der Waals surface area contributed by atoms with E-state index in [4.69, 9.17) is 0 Å². The summed E-state index contributed by atoms with van der Waals surface area (Å²) in [6.45, 7) is 5.39. The van der Waals surface area contributed by atoms with Gasteiger partial charge in [-0.3, -0.25) is 4.79 Å². The molecule has 0 fully saturated rings. The highest BCUT2D eigenvalue weighted by Gasteiger charge is 2.03. The number of carbonyl (C=O) groups excluding carboxylic acids is 1. The molecule has 0 unspecified atom stereocenters. The number of phenolic OH excluding ortho intramolecular Hbond substituents is 1. The highest BCUT2D eigenvalue weighted by Crippen LogP contribution is 2.20. The van der Waals surface area contributed by atoms with Crippen LogP contribution >= 0.6 is 0 Å². The number of benzene rings is 1. The van der Waals surface area contributed by atoms with E-state index in [9.17, 15) is 9.90 Å². The Balaban J connectivity index is 2.64. The van der Waals surface area contributed by atoms with Crippen LogP contribution in [0.25, 0.3) is 0 Å². The van der Waals surface area contributed by atoms with Gasteiger partial charge in [-0.1, -0.05) is 6.08 Å². The van der Waals surface area contributed by atoms with Crippen LogP contribution in [0.4, 0.5) is 5.69 Å². The molecule has 0 aliphatic carbocycles. The minimum atomic E-state index is -0.0383. The van der Waals surface area contributed by atoms with Gasteiger partial charge in [0.05, 0.1) is 0 Å². The van der Waals surface area contributed by atoms with Gasteiger partial charge in [-0.2, -0.15) is 0 Å². The third-order valence-corrected chi connectivity index (χ3v) is 2.06. The Kier molecular flexibility index (Phi) is 3.92. The summed E-state index contributed by atoms with van der Waals surface area (Å²) in [5.41, 5.74) is 1.59. The number of hydrogen-bond acceptors (Lipinski definition) is 2. The van der Waals surface area contributed by atoms with Crippen molar-refractivity contribution in [3.05, 3.63) is 36.4 Å². The maximum atomic E-state index is 11.4. The molecular weight excluding hydrogens is 190 g/mol. The highest BCUT2D eigenvalue weighted by molar-refractivity contribution is 5.91. The first-order chi connectivity index (χ1) is 7.13. The molecular formula is C12H15NO2. The van der Waals surface area contributed by atoms with Gasteiger partial charge < -0.3 is 10.4 Å². The number of phenols is 1. The molecule has 0 saturated carbocycles. The van der Waals surface area contributed by atoms with Crippen LogP contribution in [0.2, 0.25) is 0 Å². The van der Waals surface area contributed by atoms with Crippen LogP contribution in [0.15, 0.2) is 30.9 Å². The summed E-state index contributed by atoms with van der Waals surface area (Å²) in [5, 5.41) is 12.0. The zero-order valence-corrected chi connectivity index (χ0v) is 8.79. The number of aryl methyl sites for hydroxylation is 1. The van der Waals surface area contributed by atoms with E-state index in [-0.39, 0.29) is 11.7 Å². The topological polar surface area (TPSA) is 49.3 Å². The predicted molar refractivity (Wildman–Crippen MR) is 60.9 cm³/mol. The van der Waals surface area contributed by atoms with E-state index >= 15 is 0 Å². The molecule has 0 atom stereocenters. The molecule has 1 amide bonds. The van der Waals surface area contributed by atoms with Crippen molar-refractivity contribution in [1.82, 2.24) is 0 Å². The standard InChI is InChI=1S/C12H15NO2/c1-3-4-5-12(15)13-11-7-6-10(14)8-9(11)2/h3,6-8,14H,1,4-5H2,2H3,(H,13,15). The quantitative estimate of drug-likeness (QED) is 0.586. The molecule has 0 saturated heterocycles. The van der Waals surface area contributed by atoms with Crippen molar-refractivity contribution in [2.24, 2.45) is 0 Å². The fraction of sp³-hybridized carbons (Fsp3) is 0.250. The summed E-state index contributed by atoms with van der Waals surface area (Å²) in [6.07, 6.45) is 2.82. The molecule has 2 N–H and O–H groups in total. The molecule has 1 aromatic rings. The number of carbonyl (C=O) groups is 1. The normalized spacial score (nSPS) is 9.67. The Morgan fingerprint density at radius 1 is 1.60 bits per heavy atom. The van der Waals surface area contributed by atoms with E-state index in [1.165, 1.54) is 0 Å². The van der Waals surface area contributed by atoms with Gasteiger partial charge in [-0.15, -0.1) is 6.58 Å². The molecule has 0 radical (unpaired) electrons. The molecule has 1 aromatic carbocycles. The molecule has 80 valence electrons. The molecule has 0 spiro atoms. The van der Waals surface area contributed by atoms with E-state index in [0.29, 0.717) is 12.8 Å². The number of allylic oxidation sites excluding steroid dienone is 1. The third-order valence-electron chi connectivity index (χ3n) is 2.06. The van der Waals surface area contributed by atoms with Gasteiger partial charge in [0.25, 0.3) is 0 Å². The summed E-state index contributed by atoms with van der Waals surface area (Å²) >= 11 is 0. The summed E-state index contributed by atoms with van der Waals surface area (Å²) in [6, 6.07) is 4.86. The molecule has 3 nitrogen and oxygen atoms in total. The molecule has 3 heteroatoms. The van der Waals surface area contributed by atoms with Crippen LogP contribution in [-0.2, 0) is 4.79 Å². The van der Waals surface area contributed by atoms with E-state index in [1.54, 1.807) is 24.3 Å². The summed E-state index contributed by atoms with van der Waals surface area (Å²) in [4.78, 5) is 11.4. The Morgan fingerprint density at radius 3 is 2.93 bits per heavy atom. The van der Waals surface area contributed by atoms with Crippen LogP contribution in [0, 0.1) is 6.92 Å². The van der Waals surface area contributed by atoms with Crippen LogP contribution in [0.5, 0.6) is 5.75 Å². The monoisotopic (exact) mass is 205 g/mol. The molecule has 15 heavy (non-hydrogen) atoms. The number of aromatic hydroxyl groups is 1. The number of amides is 1. The lowest BCUT2D eigenvalue weighted by Gasteiger charge is -2.07. The van der Waals surface area contributed by atoms with Crippen molar-refractivity contribution in [3.8, 4) is 5.75 Å². The van der Waals surface area contributed by atoms with Gasteiger partial charge in [-0.25, -0.2) is 0 Å². The highest BCUT2D eigenvalue weighted by atomic mass is 16.3. The predicted octanol–water partition coefficient (Wildman–Crippen LogP) is 2.61. The minimum Gasteiger partial charge on any atom is -0.508 e. The zero-order chi connectivity index (χ0) is 11.3. The lowest BCUT2D eigenvalue weighted by molar-refractivity contribution is -0.116. The summed E-state index contributed by atoms with van der Waals surface area (Å²) < 4.78 is 0. The smallest absolute Gasteiger partial charge is 0.224 e. The second kappa shape index (κ2) is 5.20. The number of anilines is 1. The Labute approximate surface area is 89.4 Å². The van der Waals surface area contributed by atoms with Gasteiger partial charge in [0.1, 0.15) is 5.75 Å². The zero-order valence-electron chi connectivity index (χ0n) is 8.79. The number of rotatable bonds is 4. The van der Waals surface area contributed by atoms with Gasteiger partial charge in [0.2, 0.25) is 5.91 Å². The SMILES string of the molecule is C=CCCC(=O)Nc1ccc(O)cc1C. The molecule has 0 aliphatic heterocycles. The van der Waals surface area contributed by atoms with Gasteiger partial charge in [0, 0.05) is 12.1 Å². The lowest BCUT2D eigenvalue weighted by atomic mass is 10.2. The van der Waals surface area contributed by atoms with E-state index < -0.39 is 0 Å². The molecule has 0 bridgehead atoms. The fourth-order valence-corrected chi connectivity index (χ4v) is 1.23. The van der Waals surface area contributed by atoms with Crippen LogP contribution in [0.1, 0.15) is 18.4 Å². The molecule has 1 rings (SSSR count). The molecule has 0 aromatic heterocycles. The number of nitrogens with one attached hydrogen (secondary N) is 1. The van der Waals surface area contributed by atoms with E-state index in [1.807, 2.05) is 6.92 Å². The van der Waals surface area contributed by atoms with Crippen molar-refractivity contribution in [2.75, 3.05) is 5.32 Å². The largest absolute Gasteiger partial charge is 0.508 e. The van der Waals surface area contributed by atoms with Crippen LogP contribution in [-0.4, -0.2) is 11.0 Å². The second-order valence-corrected chi connectivity index (χ2v) is 3.37.